The van der Waals surface area contributed by atoms with Crippen LogP contribution in [-0.4, -0.2) is 49.5 Å². The Hall–Kier alpha value is -4.90. The number of nitrogens with zero attached hydrogens (tertiary/aromatic N) is 3. The van der Waals surface area contributed by atoms with Gasteiger partial charge in [-0.15, -0.1) is 5.10 Å². The second-order valence-electron chi connectivity index (χ2n) is 8.07. The van der Waals surface area contributed by atoms with Crippen molar-refractivity contribution in [2.45, 2.75) is 6.92 Å². The van der Waals surface area contributed by atoms with Gasteiger partial charge >= 0.3 is 5.97 Å². The third-order valence-corrected chi connectivity index (χ3v) is 6.25. The smallest absolute Gasteiger partial charge is 0.331 e. The summed E-state index contributed by atoms with van der Waals surface area (Å²) in [5, 5.41) is 10.8. The second-order valence-corrected chi connectivity index (χ2v) is 9.10. The maximum Gasteiger partial charge on any atom is 0.331 e. The molecule has 1 saturated heterocycles. The summed E-state index contributed by atoms with van der Waals surface area (Å²) in [6.45, 7) is 2.00. The van der Waals surface area contributed by atoms with Crippen molar-refractivity contribution < 1.29 is 28.6 Å². The molecule has 3 aromatic carbocycles. The Morgan fingerprint density at radius 3 is 2.25 bits per heavy atom. The molecule has 0 radical (unpaired) electrons. The summed E-state index contributed by atoms with van der Waals surface area (Å²) in [5.41, 5.74) is 2.11. The van der Waals surface area contributed by atoms with Gasteiger partial charge in [0, 0.05) is 17.5 Å². The standard InChI is InChI=1S/C29H26N4O6S/c1-3-38-24-16-20(18-30-32-29-31-28(36)25(40-29)17-27(35)37-2)14-15-23(24)39-19-26(34)33(21-10-6-4-7-11-21)22-12-8-5-9-13-22/h4-18H,3,19H2,1-2H3,(H,31,32,36)/b25-17+,30-18?. The highest BCUT2D eigenvalue weighted by molar-refractivity contribution is 8.18. The number of rotatable bonds is 10. The summed E-state index contributed by atoms with van der Waals surface area (Å²) >= 11 is 0.975. The van der Waals surface area contributed by atoms with Gasteiger partial charge in [0.15, 0.2) is 23.3 Å². The fraction of sp³-hybridized carbons (Fsp3) is 0.138. The number of benzene rings is 3. The topological polar surface area (TPSA) is 119 Å². The average molecular weight is 559 g/mol. The lowest BCUT2D eigenvalue weighted by molar-refractivity contribution is -0.135. The first-order chi connectivity index (χ1) is 19.5. The van der Waals surface area contributed by atoms with E-state index in [2.05, 4.69) is 20.3 Å². The molecule has 0 atom stereocenters. The Bertz CT molecular complexity index is 1420. The summed E-state index contributed by atoms with van der Waals surface area (Å²) in [6, 6.07) is 23.8. The van der Waals surface area contributed by atoms with E-state index in [0.29, 0.717) is 23.7 Å². The first-order valence-electron chi connectivity index (χ1n) is 12.2. The maximum atomic E-state index is 13.3. The number of hydrogen-bond donors (Lipinski definition) is 1. The van der Waals surface area contributed by atoms with Crippen LogP contribution < -0.4 is 19.7 Å². The van der Waals surface area contributed by atoms with Crippen LogP contribution in [0.2, 0.25) is 0 Å². The highest BCUT2D eigenvalue weighted by atomic mass is 32.2. The number of thioether (sulfide) groups is 1. The average Bonchev–Trinajstić information content (AvgIpc) is 3.32. The zero-order valence-corrected chi connectivity index (χ0v) is 22.6. The van der Waals surface area contributed by atoms with E-state index >= 15 is 0 Å². The van der Waals surface area contributed by atoms with Crippen molar-refractivity contribution in [1.29, 1.82) is 0 Å². The molecular formula is C29H26N4O6S. The molecule has 0 bridgehead atoms. The van der Waals surface area contributed by atoms with E-state index in [1.807, 2.05) is 67.6 Å². The van der Waals surface area contributed by atoms with Crippen LogP contribution in [-0.2, 0) is 19.1 Å². The Morgan fingerprint density at radius 2 is 1.62 bits per heavy atom. The molecule has 0 saturated carbocycles. The molecule has 204 valence electrons. The fourth-order valence-electron chi connectivity index (χ4n) is 3.58. The molecule has 1 N–H and O–H groups in total. The number of amidine groups is 1. The number of carbonyl (C=O) groups is 3. The summed E-state index contributed by atoms with van der Waals surface area (Å²) in [5.74, 6) is -0.515. The van der Waals surface area contributed by atoms with Gasteiger partial charge in [-0.1, -0.05) is 36.4 Å². The van der Waals surface area contributed by atoms with Crippen molar-refractivity contribution in [3.8, 4) is 11.5 Å². The minimum absolute atomic E-state index is 0.161. The number of para-hydroxylation sites is 2. The van der Waals surface area contributed by atoms with Gasteiger partial charge in [-0.05, 0) is 66.7 Å². The van der Waals surface area contributed by atoms with Gasteiger partial charge in [0.05, 0.1) is 24.8 Å². The molecule has 1 heterocycles. The first kappa shape index (κ1) is 28.1. The minimum Gasteiger partial charge on any atom is -0.490 e. The summed E-state index contributed by atoms with van der Waals surface area (Å²) < 4.78 is 16.2. The number of esters is 1. The van der Waals surface area contributed by atoms with Crippen molar-refractivity contribution in [2.75, 3.05) is 25.2 Å². The van der Waals surface area contributed by atoms with Crippen LogP contribution in [0.3, 0.4) is 0 Å². The highest BCUT2D eigenvalue weighted by Crippen LogP contribution is 2.30. The van der Waals surface area contributed by atoms with E-state index in [1.54, 1.807) is 23.1 Å². The predicted octanol–water partition coefficient (Wildman–Crippen LogP) is 4.44. The van der Waals surface area contributed by atoms with Gasteiger partial charge in [0.1, 0.15) is 0 Å². The van der Waals surface area contributed by atoms with E-state index < -0.39 is 11.9 Å². The summed E-state index contributed by atoms with van der Waals surface area (Å²) in [4.78, 5) is 38.4. The van der Waals surface area contributed by atoms with Gasteiger partial charge < -0.3 is 14.2 Å². The van der Waals surface area contributed by atoms with Gasteiger partial charge in [-0.3, -0.25) is 19.8 Å². The summed E-state index contributed by atoms with van der Waals surface area (Å²) in [7, 11) is 1.23. The summed E-state index contributed by atoms with van der Waals surface area (Å²) in [6.07, 6.45) is 2.56. The third kappa shape index (κ3) is 7.35. The van der Waals surface area contributed by atoms with Gasteiger partial charge in [0.2, 0.25) is 0 Å². The molecule has 10 nitrogen and oxygen atoms in total. The van der Waals surface area contributed by atoms with E-state index in [0.717, 1.165) is 29.2 Å². The first-order valence-corrected chi connectivity index (χ1v) is 13.0. The van der Waals surface area contributed by atoms with E-state index in [-0.39, 0.29) is 22.6 Å². The molecule has 1 fully saturated rings. The molecule has 1 aliphatic heterocycles. The Balaban J connectivity index is 1.46. The molecular weight excluding hydrogens is 532 g/mol. The largest absolute Gasteiger partial charge is 0.490 e. The number of carbonyl (C=O) groups excluding carboxylic acids is 3. The minimum atomic E-state index is -0.636. The normalized spacial score (nSPS) is 14.8. The SMILES string of the molecule is CCOc1cc(C=N/N=C2/NC(=O)/C(=C\C(=O)OC)S2)ccc1OCC(=O)N(c1ccccc1)c1ccccc1. The van der Waals surface area contributed by atoms with Crippen molar-refractivity contribution in [1.82, 2.24) is 5.32 Å². The van der Waals surface area contributed by atoms with Crippen LogP contribution in [0.4, 0.5) is 11.4 Å². The quantitative estimate of drug-likeness (QED) is 0.169. The van der Waals surface area contributed by atoms with Crippen molar-refractivity contribution in [2.24, 2.45) is 10.2 Å². The van der Waals surface area contributed by atoms with Crippen LogP contribution in [0.1, 0.15) is 12.5 Å². The van der Waals surface area contributed by atoms with Crippen molar-refractivity contribution in [3.05, 3.63) is 95.4 Å². The molecule has 0 unspecified atom stereocenters. The zero-order valence-electron chi connectivity index (χ0n) is 21.8. The van der Waals surface area contributed by atoms with Gasteiger partial charge in [-0.25, -0.2) is 4.79 Å². The van der Waals surface area contributed by atoms with E-state index in [9.17, 15) is 14.4 Å². The molecule has 1 aliphatic rings. The van der Waals surface area contributed by atoms with Crippen LogP contribution >= 0.6 is 11.8 Å². The number of nitrogens with one attached hydrogen (secondary N) is 1. The lowest BCUT2D eigenvalue weighted by Gasteiger charge is -2.23. The maximum absolute atomic E-state index is 13.3. The number of ether oxygens (including phenoxy) is 3. The van der Waals surface area contributed by atoms with E-state index in [1.165, 1.54) is 13.3 Å². The zero-order chi connectivity index (χ0) is 28.3. The number of methoxy groups -OCH3 is 1. The monoisotopic (exact) mass is 558 g/mol. The third-order valence-electron chi connectivity index (χ3n) is 5.35. The number of anilines is 2. The molecule has 2 amide bonds. The predicted molar refractivity (Wildman–Crippen MR) is 154 cm³/mol. The molecule has 0 spiro atoms. The van der Waals surface area contributed by atoms with Gasteiger partial charge in [-0.2, -0.15) is 5.10 Å². The molecule has 4 rings (SSSR count). The molecule has 0 aromatic heterocycles. The highest BCUT2D eigenvalue weighted by Gasteiger charge is 2.25. The van der Waals surface area contributed by atoms with E-state index in [4.69, 9.17) is 9.47 Å². The Morgan fingerprint density at radius 1 is 0.950 bits per heavy atom. The molecule has 11 heteroatoms. The molecule has 3 aromatic rings. The van der Waals surface area contributed by atoms with Crippen LogP contribution in [0.25, 0.3) is 0 Å². The van der Waals surface area contributed by atoms with Crippen molar-refractivity contribution >= 4 is 52.3 Å². The lowest BCUT2D eigenvalue weighted by atomic mass is 10.2. The Labute approximate surface area is 235 Å². The number of hydrogen-bond acceptors (Lipinski definition) is 9. The molecule has 0 aliphatic carbocycles. The Kier molecular flexibility index (Phi) is 9.67. The second kappa shape index (κ2) is 13.8. The molecule has 40 heavy (non-hydrogen) atoms. The van der Waals surface area contributed by atoms with Crippen LogP contribution in [0.15, 0.2) is 100 Å². The van der Waals surface area contributed by atoms with Gasteiger partial charge in [0.25, 0.3) is 11.8 Å². The number of amides is 2. The van der Waals surface area contributed by atoms with Crippen LogP contribution in [0.5, 0.6) is 11.5 Å². The van der Waals surface area contributed by atoms with Crippen LogP contribution in [0, 0.1) is 0 Å². The fourth-order valence-corrected chi connectivity index (χ4v) is 4.32. The lowest BCUT2D eigenvalue weighted by Crippen LogP contribution is -2.31. The van der Waals surface area contributed by atoms with Crippen molar-refractivity contribution in [3.63, 3.8) is 0 Å².